The van der Waals surface area contributed by atoms with Crippen LogP contribution in [-0.4, -0.2) is 38.9 Å². The summed E-state index contributed by atoms with van der Waals surface area (Å²) in [4.78, 5) is 8.49. The van der Waals surface area contributed by atoms with Crippen LogP contribution in [-0.2, 0) is 6.54 Å². The highest BCUT2D eigenvalue weighted by molar-refractivity contribution is 7.98. The van der Waals surface area contributed by atoms with Gasteiger partial charge in [0.25, 0.3) is 5.95 Å². The van der Waals surface area contributed by atoms with E-state index in [0.717, 1.165) is 10.7 Å². The van der Waals surface area contributed by atoms with E-state index >= 15 is 0 Å². The smallest absolute Gasteiger partial charge is 0.269 e. The van der Waals surface area contributed by atoms with Gasteiger partial charge in [0.2, 0.25) is 0 Å². The number of hydrogen-bond donors (Lipinski definition) is 1. The summed E-state index contributed by atoms with van der Waals surface area (Å²) in [5, 5.41) is 13.9. The Labute approximate surface area is 110 Å². The molecule has 2 rings (SSSR count). The first-order valence-electron chi connectivity index (χ1n) is 5.52. The first kappa shape index (κ1) is 12.8. The van der Waals surface area contributed by atoms with Gasteiger partial charge in [-0.05, 0) is 11.8 Å². The van der Waals surface area contributed by atoms with Gasteiger partial charge >= 0.3 is 0 Å². The molecule has 6 heteroatoms. The maximum Gasteiger partial charge on any atom is 0.269 e. The molecule has 0 fully saturated rings. The summed E-state index contributed by atoms with van der Waals surface area (Å²) in [5.74, 6) is 0.414. The normalized spacial score (nSPS) is 11.2. The monoisotopic (exact) mass is 262 g/mol. The van der Waals surface area contributed by atoms with Crippen molar-refractivity contribution in [2.75, 3.05) is 12.9 Å². The second-order valence-electron chi connectivity index (χ2n) is 3.51. The summed E-state index contributed by atoms with van der Waals surface area (Å²) in [7, 11) is 0. The minimum Gasteiger partial charge on any atom is -0.394 e. The molecular formula is C12H14N4OS. The number of aliphatic imine (C=N–C) groups is 1. The van der Waals surface area contributed by atoms with Gasteiger partial charge in [0.15, 0.2) is 5.16 Å². The molecule has 0 saturated carbocycles. The van der Waals surface area contributed by atoms with Crippen LogP contribution in [0.3, 0.4) is 0 Å². The SMILES string of the molecule is CSc1nc(/N=C\c2ccccc2)nn1CCO. The van der Waals surface area contributed by atoms with Crippen molar-refractivity contribution in [1.29, 1.82) is 0 Å². The third-order valence-electron chi connectivity index (χ3n) is 2.25. The topological polar surface area (TPSA) is 63.3 Å². The number of aliphatic hydroxyl groups excluding tert-OH is 1. The molecule has 94 valence electrons. The van der Waals surface area contributed by atoms with E-state index in [2.05, 4.69) is 15.1 Å². The third kappa shape index (κ3) is 3.18. The Kier molecular flexibility index (Phi) is 4.49. The number of aliphatic hydroxyl groups is 1. The Morgan fingerprint density at radius 2 is 2.17 bits per heavy atom. The predicted octanol–water partition coefficient (Wildman–Crippen LogP) is 1.74. The fraction of sp³-hybridized carbons (Fsp3) is 0.250. The molecule has 0 aliphatic carbocycles. The van der Waals surface area contributed by atoms with Crippen LogP contribution in [0, 0.1) is 0 Å². The van der Waals surface area contributed by atoms with E-state index in [0.29, 0.717) is 12.5 Å². The molecular weight excluding hydrogens is 248 g/mol. The minimum atomic E-state index is 0.0404. The predicted molar refractivity (Wildman–Crippen MR) is 72.6 cm³/mol. The minimum absolute atomic E-state index is 0.0404. The first-order valence-corrected chi connectivity index (χ1v) is 6.75. The summed E-state index contributed by atoms with van der Waals surface area (Å²) < 4.78 is 1.66. The van der Waals surface area contributed by atoms with E-state index in [1.54, 1.807) is 10.9 Å². The van der Waals surface area contributed by atoms with Crippen molar-refractivity contribution in [2.45, 2.75) is 11.7 Å². The summed E-state index contributed by atoms with van der Waals surface area (Å²) >= 11 is 1.48. The molecule has 0 atom stereocenters. The Hall–Kier alpha value is -1.66. The van der Waals surface area contributed by atoms with Crippen molar-refractivity contribution in [2.24, 2.45) is 4.99 Å². The fourth-order valence-electron chi connectivity index (χ4n) is 1.43. The molecule has 0 radical (unpaired) electrons. The maximum absolute atomic E-state index is 8.92. The Balaban J connectivity index is 2.17. The van der Waals surface area contributed by atoms with Gasteiger partial charge < -0.3 is 5.11 Å². The van der Waals surface area contributed by atoms with Gasteiger partial charge in [-0.1, -0.05) is 42.1 Å². The van der Waals surface area contributed by atoms with Crippen molar-refractivity contribution in [3.63, 3.8) is 0 Å². The number of aromatic nitrogens is 3. The van der Waals surface area contributed by atoms with Gasteiger partial charge in [-0.3, -0.25) is 0 Å². The lowest BCUT2D eigenvalue weighted by atomic mass is 10.2. The summed E-state index contributed by atoms with van der Waals surface area (Å²) in [5.41, 5.74) is 1.00. The lowest BCUT2D eigenvalue weighted by Crippen LogP contribution is -2.04. The number of thioether (sulfide) groups is 1. The van der Waals surface area contributed by atoms with Crippen LogP contribution in [0.25, 0.3) is 0 Å². The van der Waals surface area contributed by atoms with Crippen LogP contribution in [0.4, 0.5) is 5.95 Å². The zero-order valence-electron chi connectivity index (χ0n) is 10.0. The molecule has 0 amide bonds. The molecule has 1 aromatic carbocycles. The fourth-order valence-corrected chi connectivity index (χ4v) is 1.95. The summed E-state index contributed by atoms with van der Waals surface area (Å²) in [6.45, 7) is 0.475. The highest BCUT2D eigenvalue weighted by atomic mass is 32.2. The zero-order valence-corrected chi connectivity index (χ0v) is 10.8. The van der Waals surface area contributed by atoms with E-state index in [9.17, 15) is 0 Å². The van der Waals surface area contributed by atoms with Crippen molar-refractivity contribution in [3.05, 3.63) is 35.9 Å². The Morgan fingerprint density at radius 3 is 2.83 bits per heavy atom. The van der Waals surface area contributed by atoms with Gasteiger partial charge in [0.05, 0.1) is 13.2 Å². The lowest BCUT2D eigenvalue weighted by Gasteiger charge is -1.98. The van der Waals surface area contributed by atoms with Gasteiger partial charge in [-0.25, -0.2) is 9.67 Å². The molecule has 0 unspecified atom stereocenters. The largest absolute Gasteiger partial charge is 0.394 e. The quantitative estimate of drug-likeness (QED) is 0.658. The van der Waals surface area contributed by atoms with Crippen molar-refractivity contribution in [1.82, 2.24) is 14.8 Å². The molecule has 1 N–H and O–H groups in total. The van der Waals surface area contributed by atoms with Crippen LogP contribution in [0.5, 0.6) is 0 Å². The Morgan fingerprint density at radius 1 is 1.39 bits per heavy atom. The number of rotatable bonds is 5. The zero-order chi connectivity index (χ0) is 12.8. The second kappa shape index (κ2) is 6.32. The highest BCUT2D eigenvalue weighted by Crippen LogP contribution is 2.15. The van der Waals surface area contributed by atoms with Crippen LogP contribution in [0.1, 0.15) is 5.56 Å². The number of benzene rings is 1. The van der Waals surface area contributed by atoms with Gasteiger partial charge in [-0.15, -0.1) is 5.10 Å². The molecule has 0 aliphatic heterocycles. The molecule has 1 aromatic heterocycles. The average Bonchev–Trinajstić information content (AvgIpc) is 2.80. The van der Waals surface area contributed by atoms with E-state index in [-0.39, 0.29) is 6.61 Å². The molecule has 5 nitrogen and oxygen atoms in total. The van der Waals surface area contributed by atoms with Crippen LogP contribution in [0.15, 0.2) is 40.5 Å². The lowest BCUT2D eigenvalue weighted by molar-refractivity contribution is 0.263. The van der Waals surface area contributed by atoms with Crippen LogP contribution >= 0.6 is 11.8 Å². The summed E-state index contributed by atoms with van der Waals surface area (Å²) in [6.07, 6.45) is 3.64. The van der Waals surface area contributed by atoms with E-state index in [4.69, 9.17) is 5.11 Å². The number of nitrogens with zero attached hydrogens (tertiary/aromatic N) is 4. The van der Waals surface area contributed by atoms with Gasteiger partial charge in [0.1, 0.15) is 0 Å². The molecule has 0 spiro atoms. The van der Waals surface area contributed by atoms with Crippen molar-refractivity contribution >= 4 is 23.9 Å². The Bertz CT molecular complexity index is 524. The van der Waals surface area contributed by atoms with Crippen LogP contribution < -0.4 is 0 Å². The molecule has 0 aliphatic rings. The van der Waals surface area contributed by atoms with E-state index in [1.807, 2.05) is 36.6 Å². The third-order valence-corrected chi connectivity index (χ3v) is 2.92. The first-order chi connectivity index (χ1) is 8.83. The average molecular weight is 262 g/mol. The molecule has 0 saturated heterocycles. The highest BCUT2D eigenvalue weighted by Gasteiger charge is 2.06. The van der Waals surface area contributed by atoms with E-state index < -0.39 is 0 Å². The molecule has 1 heterocycles. The van der Waals surface area contributed by atoms with E-state index in [1.165, 1.54) is 11.8 Å². The van der Waals surface area contributed by atoms with Crippen molar-refractivity contribution in [3.8, 4) is 0 Å². The molecule has 18 heavy (non-hydrogen) atoms. The standard InChI is InChI=1S/C12H14N4OS/c1-18-12-14-11(15-16(12)7-8-17)13-9-10-5-3-2-4-6-10/h2-6,9,17H,7-8H2,1H3/b13-9-. The van der Waals surface area contributed by atoms with Gasteiger partial charge in [-0.2, -0.15) is 4.98 Å². The second-order valence-corrected chi connectivity index (χ2v) is 4.29. The number of hydrogen-bond acceptors (Lipinski definition) is 5. The maximum atomic E-state index is 8.92. The van der Waals surface area contributed by atoms with Crippen LogP contribution in [0.2, 0.25) is 0 Å². The molecule has 2 aromatic rings. The molecule has 0 bridgehead atoms. The summed E-state index contributed by atoms with van der Waals surface area (Å²) in [6, 6.07) is 9.78. The van der Waals surface area contributed by atoms with Gasteiger partial charge in [0, 0.05) is 6.21 Å². The van der Waals surface area contributed by atoms with Crippen molar-refractivity contribution < 1.29 is 5.11 Å².